The molecule has 146 valence electrons. The third kappa shape index (κ3) is 3.63. The number of carbonyl (C=O) groups is 1. The number of benzene rings is 2. The van der Waals surface area contributed by atoms with Crippen LogP contribution in [0.3, 0.4) is 0 Å². The van der Waals surface area contributed by atoms with Gasteiger partial charge in [-0.1, -0.05) is 30.3 Å². The van der Waals surface area contributed by atoms with Crippen LogP contribution in [0.25, 0.3) is 10.2 Å². The molecule has 2 aromatic carbocycles. The lowest BCUT2D eigenvalue weighted by Gasteiger charge is -2.21. The number of carbonyl (C=O) groups excluding carboxylic acids is 1. The molecule has 29 heavy (non-hydrogen) atoms. The van der Waals surface area contributed by atoms with Gasteiger partial charge < -0.3 is 14.1 Å². The minimum Gasteiger partial charge on any atom is -0.486 e. The maximum atomic E-state index is 13.1. The van der Waals surface area contributed by atoms with E-state index in [4.69, 9.17) is 14.1 Å². The fraction of sp³-hybridized carbons (Fsp3) is 0.217. The smallest absolute Gasteiger partial charge is 0.290 e. The molecular formula is C23H20N2O3S. The Morgan fingerprint density at radius 2 is 1.93 bits per heavy atom. The van der Waals surface area contributed by atoms with Crippen LogP contribution in [0, 0.1) is 0 Å². The highest BCUT2D eigenvalue weighted by atomic mass is 32.1. The second-order valence-corrected chi connectivity index (χ2v) is 8.11. The molecule has 0 bridgehead atoms. The molecule has 4 aromatic rings. The Labute approximate surface area is 172 Å². The largest absolute Gasteiger partial charge is 0.486 e. The number of rotatable bonds is 5. The van der Waals surface area contributed by atoms with E-state index in [1.807, 2.05) is 53.4 Å². The number of ether oxygens (including phenoxy) is 1. The Balaban J connectivity index is 1.31. The molecule has 3 heterocycles. The van der Waals surface area contributed by atoms with Crippen molar-refractivity contribution in [2.24, 2.45) is 0 Å². The van der Waals surface area contributed by atoms with Gasteiger partial charge in [-0.25, -0.2) is 4.98 Å². The number of thiazole rings is 1. The van der Waals surface area contributed by atoms with Crippen molar-refractivity contribution in [1.29, 1.82) is 0 Å². The van der Waals surface area contributed by atoms with Crippen LogP contribution in [0.2, 0.25) is 0 Å². The molecule has 0 unspecified atom stereocenters. The quantitative estimate of drug-likeness (QED) is 0.444. The van der Waals surface area contributed by atoms with Crippen molar-refractivity contribution in [3.63, 3.8) is 0 Å². The molecule has 1 saturated heterocycles. The molecule has 1 aliphatic rings. The number of likely N-dealkylation sites (tertiary alicyclic amines) is 1. The highest BCUT2D eigenvalue weighted by Gasteiger charge is 2.34. The molecule has 1 atom stereocenters. The van der Waals surface area contributed by atoms with Gasteiger partial charge in [-0.15, -0.1) is 11.3 Å². The van der Waals surface area contributed by atoms with Gasteiger partial charge in [-0.05, 0) is 49.2 Å². The first-order chi connectivity index (χ1) is 14.3. The maximum absolute atomic E-state index is 13.1. The van der Waals surface area contributed by atoms with Crippen LogP contribution in [0.1, 0.15) is 40.2 Å². The third-order valence-electron chi connectivity index (χ3n) is 5.11. The van der Waals surface area contributed by atoms with Gasteiger partial charge in [-0.2, -0.15) is 0 Å². The summed E-state index contributed by atoms with van der Waals surface area (Å²) in [5.74, 6) is 1.67. The van der Waals surface area contributed by atoms with Gasteiger partial charge in [0.15, 0.2) is 5.76 Å². The fourth-order valence-corrected chi connectivity index (χ4v) is 4.80. The summed E-state index contributed by atoms with van der Waals surface area (Å²) in [5.41, 5.74) is 0.991. The zero-order chi connectivity index (χ0) is 19.6. The summed E-state index contributed by atoms with van der Waals surface area (Å²) in [6, 6.07) is 21.2. The predicted octanol–water partition coefficient (Wildman–Crippen LogP) is 5.45. The number of amides is 1. The summed E-state index contributed by atoms with van der Waals surface area (Å²) in [7, 11) is 0. The van der Waals surface area contributed by atoms with Crippen LogP contribution in [0.4, 0.5) is 0 Å². The van der Waals surface area contributed by atoms with E-state index in [-0.39, 0.29) is 11.9 Å². The van der Waals surface area contributed by atoms with E-state index in [2.05, 4.69) is 6.07 Å². The lowest BCUT2D eigenvalue weighted by molar-refractivity contribution is 0.0699. The first-order valence-electron chi connectivity index (χ1n) is 9.71. The van der Waals surface area contributed by atoms with Crippen molar-refractivity contribution in [3.8, 4) is 5.75 Å². The van der Waals surface area contributed by atoms with Gasteiger partial charge in [0.25, 0.3) is 5.91 Å². The number of para-hydroxylation sites is 2. The number of furan rings is 1. The predicted molar refractivity (Wildman–Crippen MR) is 112 cm³/mol. The summed E-state index contributed by atoms with van der Waals surface area (Å²) in [4.78, 5) is 19.8. The number of aromatic nitrogens is 1. The zero-order valence-electron chi connectivity index (χ0n) is 15.8. The number of hydrogen-bond donors (Lipinski definition) is 0. The van der Waals surface area contributed by atoms with E-state index in [0.717, 1.165) is 40.4 Å². The molecule has 0 aliphatic carbocycles. The minimum absolute atomic E-state index is 0.00835. The van der Waals surface area contributed by atoms with E-state index in [9.17, 15) is 4.79 Å². The van der Waals surface area contributed by atoms with E-state index in [0.29, 0.717) is 18.1 Å². The molecular weight excluding hydrogens is 384 g/mol. The van der Waals surface area contributed by atoms with Gasteiger partial charge >= 0.3 is 0 Å². The normalized spacial score (nSPS) is 16.4. The Morgan fingerprint density at radius 3 is 2.79 bits per heavy atom. The summed E-state index contributed by atoms with van der Waals surface area (Å²) in [6.45, 7) is 1.01. The summed E-state index contributed by atoms with van der Waals surface area (Å²) >= 11 is 1.67. The molecule has 1 fully saturated rings. The molecule has 5 nitrogen and oxygen atoms in total. The molecule has 1 aliphatic heterocycles. The van der Waals surface area contributed by atoms with Crippen molar-refractivity contribution in [2.75, 3.05) is 6.54 Å². The van der Waals surface area contributed by atoms with Crippen molar-refractivity contribution >= 4 is 27.5 Å². The van der Waals surface area contributed by atoms with E-state index in [1.54, 1.807) is 23.5 Å². The third-order valence-corrected chi connectivity index (χ3v) is 6.24. The standard InChI is InChI=1S/C23H20N2O3S/c26-23(20-13-12-17(28-20)15-27-16-7-2-1-3-8-16)25-14-6-10-19(25)22-24-18-9-4-5-11-21(18)29-22/h1-5,7-9,11-13,19H,6,10,14-15H2/t19-/m1/s1. The monoisotopic (exact) mass is 404 g/mol. The van der Waals surface area contributed by atoms with Crippen LogP contribution in [-0.4, -0.2) is 22.3 Å². The van der Waals surface area contributed by atoms with E-state index < -0.39 is 0 Å². The number of nitrogens with zero attached hydrogens (tertiary/aromatic N) is 2. The average molecular weight is 404 g/mol. The first-order valence-corrected chi connectivity index (χ1v) is 10.5. The molecule has 5 rings (SSSR count). The molecule has 0 spiro atoms. The Kier molecular flexibility index (Phi) is 4.77. The summed E-state index contributed by atoms with van der Waals surface area (Å²) < 4.78 is 12.7. The van der Waals surface area contributed by atoms with Gasteiger partial charge in [-0.3, -0.25) is 4.79 Å². The lowest BCUT2D eigenvalue weighted by atomic mass is 10.2. The van der Waals surface area contributed by atoms with Crippen molar-refractivity contribution in [2.45, 2.75) is 25.5 Å². The van der Waals surface area contributed by atoms with Crippen LogP contribution >= 0.6 is 11.3 Å². The van der Waals surface area contributed by atoms with E-state index >= 15 is 0 Å². The van der Waals surface area contributed by atoms with Crippen LogP contribution in [-0.2, 0) is 6.61 Å². The summed E-state index contributed by atoms with van der Waals surface area (Å²) in [6.07, 6.45) is 1.90. The zero-order valence-corrected chi connectivity index (χ0v) is 16.6. The van der Waals surface area contributed by atoms with Gasteiger partial charge in [0.2, 0.25) is 0 Å². The molecule has 6 heteroatoms. The Bertz CT molecular complexity index is 1100. The van der Waals surface area contributed by atoms with E-state index in [1.165, 1.54) is 0 Å². The average Bonchev–Trinajstić information content (AvgIpc) is 3.51. The van der Waals surface area contributed by atoms with Gasteiger partial charge in [0.1, 0.15) is 23.1 Å². The fourth-order valence-electron chi connectivity index (χ4n) is 3.68. The summed E-state index contributed by atoms with van der Waals surface area (Å²) in [5, 5.41) is 0.997. The van der Waals surface area contributed by atoms with Crippen LogP contribution in [0.15, 0.2) is 71.1 Å². The highest BCUT2D eigenvalue weighted by molar-refractivity contribution is 7.18. The Hall–Kier alpha value is -3.12. The lowest BCUT2D eigenvalue weighted by Crippen LogP contribution is -2.30. The highest BCUT2D eigenvalue weighted by Crippen LogP contribution is 2.37. The molecule has 2 aromatic heterocycles. The molecule has 0 saturated carbocycles. The second-order valence-electron chi connectivity index (χ2n) is 7.04. The number of hydrogen-bond acceptors (Lipinski definition) is 5. The van der Waals surface area contributed by atoms with Crippen LogP contribution < -0.4 is 4.74 Å². The molecule has 1 amide bonds. The van der Waals surface area contributed by atoms with Crippen molar-refractivity contribution < 1.29 is 13.9 Å². The SMILES string of the molecule is O=C(c1ccc(COc2ccccc2)o1)N1CCC[C@@H]1c1nc2ccccc2s1. The van der Waals surface area contributed by atoms with Gasteiger partial charge in [0.05, 0.1) is 16.3 Å². The minimum atomic E-state index is -0.0854. The molecule has 0 radical (unpaired) electrons. The maximum Gasteiger partial charge on any atom is 0.290 e. The van der Waals surface area contributed by atoms with Crippen LogP contribution in [0.5, 0.6) is 5.75 Å². The topological polar surface area (TPSA) is 55.6 Å². The van der Waals surface area contributed by atoms with Gasteiger partial charge in [0, 0.05) is 6.54 Å². The first kappa shape index (κ1) is 17.9. The number of fused-ring (bicyclic) bond motifs is 1. The van der Waals surface area contributed by atoms with Crippen molar-refractivity contribution in [3.05, 3.63) is 83.3 Å². The second kappa shape index (κ2) is 7.72. The Morgan fingerprint density at radius 1 is 1.10 bits per heavy atom. The molecule has 0 N–H and O–H groups in total. The van der Waals surface area contributed by atoms with Crippen molar-refractivity contribution in [1.82, 2.24) is 9.88 Å².